The van der Waals surface area contributed by atoms with Gasteiger partial charge in [-0.15, -0.1) is 0 Å². The standard InChI is InChI=1S/C25H25N5O2S/c1-17-6-13-27-23-22(17)33-25(29-23)32-21-4-2-18(3-5-21)16-30-14-9-20(10-15-30)28-24(31)19-7-11-26-12-8-19/h2-8,11-13,20H,9-10,14-16H2,1H3,(H,28,31). The molecule has 1 fully saturated rings. The summed E-state index contributed by atoms with van der Waals surface area (Å²) >= 11 is 1.52. The van der Waals surface area contributed by atoms with Crippen LogP contribution >= 0.6 is 11.3 Å². The number of ether oxygens (including phenoxy) is 1. The SMILES string of the molecule is Cc1ccnc2nc(Oc3ccc(CN4CCC(NC(=O)c5ccncc5)CC4)cc3)sc12. The second-order valence-corrected chi connectivity index (χ2v) is 9.23. The molecule has 8 heteroatoms. The first-order valence-corrected chi connectivity index (χ1v) is 11.9. The number of nitrogens with zero attached hydrogens (tertiary/aromatic N) is 4. The average Bonchev–Trinajstić information content (AvgIpc) is 3.26. The monoisotopic (exact) mass is 459 g/mol. The number of fused-ring (bicyclic) bond motifs is 1. The van der Waals surface area contributed by atoms with Crippen LogP contribution in [0.25, 0.3) is 10.3 Å². The maximum absolute atomic E-state index is 12.3. The number of carbonyl (C=O) groups excluding carboxylic acids is 1. The van der Waals surface area contributed by atoms with Crippen LogP contribution in [-0.2, 0) is 6.54 Å². The number of aromatic nitrogens is 3. The molecule has 7 nitrogen and oxygen atoms in total. The van der Waals surface area contributed by atoms with E-state index in [1.54, 1.807) is 30.7 Å². The van der Waals surface area contributed by atoms with E-state index in [9.17, 15) is 4.79 Å². The van der Waals surface area contributed by atoms with E-state index < -0.39 is 0 Å². The van der Waals surface area contributed by atoms with Gasteiger partial charge in [0.25, 0.3) is 11.1 Å². The van der Waals surface area contributed by atoms with Crippen molar-refractivity contribution >= 4 is 27.6 Å². The molecule has 0 atom stereocenters. The van der Waals surface area contributed by atoms with Gasteiger partial charge in [0, 0.05) is 49.8 Å². The van der Waals surface area contributed by atoms with Gasteiger partial charge in [-0.25, -0.2) is 4.98 Å². The Balaban J connectivity index is 1.12. The molecule has 0 saturated carbocycles. The number of nitrogens with one attached hydrogen (secondary N) is 1. The van der Waals surface area contributed by atoms with E-state index in [4.69, 9.17) is 4.74 Å². The Morgan fingerprint density at radius 3 is 2.58 bits per heavy atom. The topological polar surface area (TPSA) is 80.2 Å². The molecule has 0 bridgehead atoms. The summed E-state index contributed by atoms with van der Waals surface area (Å²) in [4.78, 5) is 27.5. The molecule has 1 N–H and O–H groups in total. The number of likely N-dealkylation sites (tertiary alicyclic amines) is 1. The predicted octanol–water partition coefficient (Wildman–Crippen LogP) is 4.58. The van der Waals surface area contributed by atoms with Gasteiger partial charge in [0.15, 0.2) is 5.65 Å². The van der Waals surface area contributed by atoms with Crippen LogP contribution in [0.5, 0.6) is 10.9 Å². The minimum Gasteiger partial charge on any atom is -0.431 e. The van der Waals surface area contributed by atoms with Crippen LogP contribution in [0, 0.1) is 6.92 Å². The van der Waals surface area contributed by atoms with Gasteiger partial charge in [0.05, 0.1) is 4.70 Å². The second-order valence-electron chi connectivity index (χ2n) is 8.27. The quantitative estimate of drug-likeness (QED) is 0.455. The molecule has 1 aromatic carbocycles. The van der Waals surface area contributed by atoms with Crippen LogP contribution in [0.4, 0.5) is 0 Å². The highest BCUT2D eigenvalue weighted by Crippen LogP contribution is 2.32. The van der Waals surface area contributed by atoms with Gasteiger partial charge in [-0.3, -0.25) is 14.7 Å². The van der Waals surface area contributed by atoms with Gasteiger partial charge in [0.1, 0.15) is 5.75 Å². The molecule has 33 heavy (non-hydrogen) atoms. The van der Waals surface area contributed by atoms with Crippen LogP contribution in [0.2, 0.25) is 0 Å². The van der Waals surface area contributed by atoms with Crippen molar-refractivity contribution in [3.8, 4) is 10.9 Å². The first-order chi connectivity index (χ1) is 16.1. The molecule has 4 heterocycles. The maximum atomic E-state index is 12.3. The van der Waals surface area contributed by atoms with Crippen molar-refractivity contribution in [2.75, 3.05) is 13.1 Å². The Hall–Kier alpha value is -3.36. The van der Waals surface area contributed by atoms with Gasteiger partial charge < -0.3 is 10.1 Å². The smallest absolute Gasteiger partial charge is 0.281 e. The van der Waals surface area contributed by atoms with E-state index in [-0.39, 0.29) is 11.9 Å². The summed E-state index contributed by atoms with van der Waals surface area (Å²) in [5, 5.41) is 3.75. The number of aryl methyl sites for hydroxylation is 1. The minimum atomic E-state index is -0.0227. The van der Waals surface area contributed by atoms with Crippen LogP contribution in [0.15, 0.2) is 61.1 Å². The third kappa shape index (κ3) is 5.18. The summed E-state index contributed by atoms with van der Waals surface area (Å²) < 4.78 is 7.02. The summed E-state index contributed by atoms with van der Waals surface area (Å²) in [6.07, 6.45) is 6.95. The van der Waals surface area contributed by atoms with Crippen molar-refractivity contribution in [2.24, 2.45) is 0 Å². The van der Waals surface area contributed by atoms with E-state index in [0.29, 0.717) is 10.8 Å². The Bertz CT molecular complexity index is 1230. The lowest BCUT2D eigenvalue weighted by Gasteiger charge is -2.32. The number of hydrogen-bond donors (Lipinski definition) is 1. The van der Waals surface area contributed by atoms with Crippen molar-refractivity contribution in [3.63, 3.8) is 0 Å². The third-order valence-corrected chi connectivity index (χ3v) is 6.93. The van der Waals surface area contributed by atoms with E-state index >= 15 is 0 Å². The summed E-state index contributed by atoms with van der Waals surface area (Å²) in [6.45, 7) is 4.85. The lowest BCUT2D eigenvalue weighted by atomic mass is 10.0. The van der Waals surface area contributed by atoms with Crippen LogP contribution in [0.1, 0.15) is 34.3 Å². The first kappa shape index (κ1) is 21.5. The highest BCUT2D eigenvalue weighted by molar-refractivity contribution is 7.20. The van der Waals surface area contributed by atoms with E-state index in [1.165, 1.54) is 16.9 Å². The molecule has 5 rings (SSSR count). The van der Waals surface area contributed by atoms with E-state index in [2.05, 4.69) is 44.2 Å². The van der Waals surface area contributed by atoms with E-state index in [1.807, 2.05) is 18.2 Å². The molecule has 0 spiro atoms. The molecule has 0 aliphatic carbocycles. The van der Waals surface area contributed by atoms with Crippen molar-refractivity contribution in [1.29, 1.82) is 0 Å². The number of amides is 1. The summed E-state index contributed by atoms with van der Waals surface area (Å²) in [7, 11) is 0. The Morgan fingerprint density at radius 1 is 1.09 bits per heavy atom. The molecule has 4 aromatic rings. The fourth-order valence-electron chi connectivity index (χ4n) is 4.01. The Labute approximate surface area is 196 Å². The number of carbonyl (C=O) groups is 1. The van der Waals surface area contributed by atoms with Crippen molar-refractivity contribution in [2.45, 2.75) is 32.4 Å². The van der Waals surface area contributed by atoms with Gasteiger partial charge in [-0.05, 0) is 61.2 Å². The minimum absolute atomic E-state index is 0.0227. The Morgan fingerprint density at radius 2 is 1.85 bits per heavy atom. The highest BCUT2D eigenvalue weighted by Gasteiger charge is 2.21. The average molecular weight is 460 g/mol. The van der Waals surface area contributed by atoms with Crippen LogP contribution < -0.4 is 10.1 Å². The predicted molar refractivity (Wildman–Crippen MR) is 129 cm³/mol. The lowest BCUT2D eigenvalue weighted by Crippen LogP contribution is -2.44. The largest absolute Gasteiger partial charge is 0.431 e. The van der Waals surface area contributed by atoms with E-state index in [0.717, 1.165) is 54.1 Å². The van der Waals surface area contributed by atoms with Crippen molar-refractivity contribution in [1.82, 2.24) is 25.2 Å². The molecule has 1 aliphatic rings. The van der Waals surface area contributed by atoms with Crippen molar-refractivity contribution in [3.05, 3.63) is 77.7 Å². The Kier molecular flexibility index (Phi) is 6.28. The molecular formula is C25H25N5O2S. The summed E-state index contributed by atoms with van der Waals surface area (Å²) in [6, 6.07) is 13.9. The summed E-state index contributed by atoms with van der Waals surface area (Å²) in [5.41, 5.74) is 3.78. The number of pyridine rings is 2. The fraction of sp³-hybridized carbons (Fsp3) is 0.280. The van der Waals surface area contributed by atoms with Gasteiger partial charge >= 0.3 is 0 Å². The zero-order valence-corrected chi connectivity index (χ0v) is 19.2. The zero-order chi connectivity index (χ0) is 22.6. The molecular weight excluding hydrogens is 434 g/mol. The number of hydrogen-bond acceptors (Lipinski definition) is 7. The number of benzene rings is 1. The van der Waals surface area contributed by atoms with Gasteiger partial charge in [0.2, 0.25) is 0 Å². The molecule has 1 saturated heterocycles. The lowest BCUT2D eigenvalue weighted by molar-refractivity contribution is 0.0909. The molecule has 1 aliphatic heterocycles. The number of thiazole rings is 1. The maximum Gasteiger partial charge on any atom is 0.281 e. The van der Waals surface area contributed by atoms with Crippen molar-refractivity contribution < 1.29 is 9.53 Å². The zero-order valence-electron chi connectivity index (χ0n) is 18.4. The normalized spacial score (nSPS) is 14.9. The van der Waals surface area contributed by atoms with Gasteiger partial charge in [-0.1, -0.05) is 23.5 Å². The molecule has 3 aromatic heterocycles. The third-order valence-electron chi connectivity index (χ3n) is 5.87. The van der Waals surface area contributed by atoms with Gasteiger partial charge in [-0.2, -0.15) is 4.98 Å². The molecule has 1 amide bonds. The fourth-order valence-corrected chi connectivity index (χ4v) is 4.87. The van der Waals surface area contributed by atoms with Crippen LogP contribution in [0.3, 0.4) is 0 Å². The first-order valence-electron chi connectivity index (χ1n) is 11.1. The molecule has 168 valence electrons. The number of rotatable bonds is 6. The number of piperidine rings is 1. The second kappa shape index (κ2) is 9.64. The van der Waals surface area contributed by atoms with Crippen LogP contribution in [-0.4, -0.2) is 44.9 Å². The highest BCUT2D eigenvalue weighted by atomic mass is 32.1. The molecule has 0 radical (unpaired) electrons. The molecule has 0 unspecified atom stereocenters. The summed E-state index contributed by atoms with van der Waals surface area (Å²) in [5.74, 6) is 0.749.